The van der Waals surface area contributed by atoms with Crippen molar-refractivity contribution >= 4 is 34.1 Å². The molecule has 9 aromatic carbocycles. The molecule has 9 aromatic rings. The van der Waals surface area contributed by atoms with Gasteiger partial charge in [0.25, 0.3) is 0 Å². The van der Waals surface area contributed by atoms with Crippen LogP contribution in [0.4, 0.5) is 34.1 Å². The fourth-order valence-corrected chi connectivity index (χ4v) is 10.9. The van der Waals surface area contributed by atoms with Gasteiger partial charge in [0.15, 0.2) is 0 Å². The van der Waals surface area contributed by atoms with Crippen molar-refractivity contribution in [2.24, 2.45) is 0 Å². The first-order valence-electron chi connectivity index (χ1n) is 21.3. The number of benzene rings is 9. The zero-order chi connectivity index (χ0) is 39.3. The average molecular weight is 765 g/mol. The summed E-state index contributed by atoms with van der Waals surface area (Å²) in [6.07, 6.45) is 3.60. The molecule has 4 aliphatic heterocycles. The molecule has 0 unspecified atom stereocenters. The molecule has 282 valence electrons. The number of anilines is 6. The predicted octanol–water partition coefficient (Wildman–Crippen LogP) is 14.9. The maximum Gasteiger partial charge on any atom is 0.0538 e. The zero-order valence-electron chi connectivity index (χ0n) is 33.2. The minimum atomic E-state index is 0.893. The summed E-state index contributed by atoms with van der Waals surface area (Å²) in [7, 11) is 0. The van der Waals surface area contributed by atoms with Crippen LogP contribution in [0.1, 0.15) is 44.5 Å². The number of hydrogen-bond donors (Lipinski definition) is 0. The highest BCUT2D eigenvalue weighted by molar-refractivity contribution is 5.99. The van der Waals surface area contributed by atoms with E-state index in [1.165, 1.54) is 123 Å². The Morgan fingerprint density at radius 3 is 1.08 bits per heavy atom. The molecule has 0 saturated heterocycles. The Labute approximate surface area is 351 Å². The van der Waals surface area contributed by atoms with Crippen LogP contribution in [0.5, 0.6) is 0 Å². The van der Waals surface area contributed by atoms with Crippen LogP contribution < -0.4 is 9.80 Å². The van der Waals surface area contributed by atoms with Crippen LogP contribution in [0.15, 0.2) is 194 Å². The van der Waals surface area contributed by atoms with E-state index < -0.39 is 0 Å². The Bertz CT molecular complexity index is 3000. The Hall–Kier alpha value is -7.42. The fourth-order valence-electron chi connectivity index (χ4n) is 10.9. The lowest BCUT2D eigenvalue weighted by Gasteiger charge is -2.43. The van der Waals surface area contributed by atoms with E-state index in [4.69, 9.17) is 0 Å². The molecule has 0 atom stereocenters. The van der Waals surface area contributed by atoms with Crippen LogP contribution in [0.25, 0.3) is 44.5 Å². The SMILES string of the molecule is c1ccc(-c2ccccc2-c2ccc3c4c2Cc2ccccc2N4c2cc4c(cc2C3)N2c3ccccc3Cc3c(-c5ccccc5-c5ccccc5)ccc(c32)C4)cc1. The maximum absolute atomic E-state index is 2.62. The highest BCUT2D eigenvalue weighted by Gasteiger charge is 2.38. The van der Waals surface area contributed by atoms with Crippen LogP contribution in [0.2, 0.25) is 0 Å². The zero-order valence-corrected chi connectivity index (χ0v) is 33.2. The fraction of sp³-hybridized carbons (Fsp3) is 0.0690. The van der Waals surface area contributed by atoms with Gasteiger partial charge in [0.05, 0.1) is 22.7 Å². The lowest BCUT2D eigenvalue weighted by Crippen LogP contribution is -2.28. The van der Waals surface area contributed by atoms with E-state index in [0.717, 1.165) is 25.7 Å². The van der Waals surface area contributed by atoms with Crippen LogP contribution in [-0.4, -0.2) is 0 Å². The van der Waals surface area contributed by atoms with Crippen molar-refractivity contribution in [3.05, 3.63) is 239 Å². The maximum atomic E-state index is 2.62. The van der Waals surface area contributed by atoms with Crippen LogP contribution in [0.3, 0.4) is 0 Å². The van der Waals surface area contributed by atoms with Gasteiger partial charge >= 0.3 is 0 Å². The van der Waals surface area contributed by atoms with Crippen LogP contribution >= 0.6 is 0 Å². The van der Waals surface area contributed by atoms with Gasteiger partial charge in [-0.3, -0.25) is 0 Å². The van der Waals surface area contributed by atoms with E-state index >= 15 is 0 Å². The Kier molecular flexibility index (Phi) is 7.29. The van der Waals surface area contributed by atoms with Gasteiger partial charge < -0.3 is 9.80 Å². The van der Waals surface area contributed by atoms with Crippen molar-refractivity contribution in [2.75, 3.05) is 9.80 Å². The smallest absolute Gasteiger partial charge is 0.0538 e. The summed E-state index contributed by atoms with van der Waals surface area (Å²) in [5, 5.41) is 0. The third-order valence-electron chi connectivity index (χ3n) is 13.5. The van der Waals surface area contributed by atoms with Crippen LogP contribution in [0, 0.1) is 0 Å². The lowest BCUT2D eigenvalue weighted by molar-refractivity contribution is 0.983. The quantitative estimate of drug-likeness (QED) is 0.176. The van der Waals surface area contributed by atoms with Gasteiger partial charge in [-0.15, -0.1) is 0 Å². The van der Waals surface area contributed by atoms with Gasteiger partial charge in [-0.2, -0.15) is 0 Å². The minimum Gasteiger partial charge on any atom is -0.309 e. The van der Waals surface area contributed by atoms with Gasteiger partial charge in [0.1, 0.15) is 0 Å². The largest absolute Gasteiger partial charge is 0.309 e. The lowest BCUT2D eigenvalue weighted by atomic mass is 9.79. The van der Waals surface area contributed by atoms with E-state index in [-0.39, 0.29) is 0 Å². The second-order valence-corrected chi connectivity index (χ2v) is 16.8. The third kappa shape index (κ3) is 4.94. The molecule has 2 nitrogen and oxygen atoms in total. The molecule has 0 radical (unpaired) electrons. The standard InChI is InChI=1S/C58H40N2/c1-3-15-37(16-4-1)45-21-9-11-23-47(45)49-29-27-41-31-43-36-56-44(35-55(43)59-53-25-13-7-19-39(53)33-51(49)57(41)59)32-42-28-30-50(48-24-12-10-22-46(48)38-17-5-2-6-18-38)52-34-40-20-8-14-26-54(40)60(56)58(42)52/h1-30,35-36H,31-34H2. The molecule has 0 bridgehead atoms. The van der Waals surface area contributed by atoms with Crippen molar-refractivity contribution in [3.8, 4) is 44.5 Å². The second kappa shape index (κ2) is 13.0. The molecule has 0 amide bonds. The van der Waals surface area contributed by atoms with Gasteiger partial charge in [0.2, 0.25) is 0 Å². The van der Waals surface area contributed by atoms with Gasteiger partial charge in [0, 0.05) is 37.1 Å². The van der Waals surface area contributed by atoms with E-state index in [0.29, 0.717) is 0 Å². The van der Waals surface area contributed by atoms with Crippen molar-refractivity contribution < 1.29 is 0 Å². The summed E-state index contributed by atoms with van der Waals surface area (Å²) >= 11 is 0. The molecular weight excluding hydrogens is 725 g/mol. The molecule has 2 heteroatoms. The van der Waals surface area contributed by atoms with E-state index in [1.54, 1.807) is 0 Å². The first kappa shape index (κ1) is 33.5. The number of rotatable bonds is 4. The van der Waals surface area contributed by atoms with E-state index in [1.807, 2.05) is 0 Å². The highest BCUT2D eigenvalue weighted by atomic mass is 15.2. The first-order chi connectivity index (χ1) is 29.8. The summed E-state index contributed by atoms with van der Waals surface area (Å²) < 4.78 is 0. The molecule has 60 heavy (non-hydrogen) atoms. The predicted molar refractivity (Wildman–Crippen MR) is 249 cm³/mol. The molecule has 4 aliphatic rings. The summed E-state index contributed by atoms with van der Waals surface area (Å²) in [4.78, 5) is 5.23. The van der Waals surface area contributed by atoms with Crippen molar-refractivity contribution in [1.29, 1.82) is 0 Å². The van der Waals surface area contributed by atoms with Gasteiger partial charge in [-0.1, -0.05) is 170 Å². The molecule has 13 rings (SSSR count). The van der Waals surface area contributed by atoms with Gasteiger partial charge in [-0.25, -0.2) is 0 Å². The van der Waals surface area contributed by atoms with Crippen molar-refractivity contribution in [1.82, 2.24) is 0 Å². The topological polar surface area (TPSA) is 6.48 Å². The highest BCUT2D eigenvalue weighted by Crippen LogP contribution is 2.58. The minimum absolute atomic E-state index is 0.893. The monoisotopic (exact) mass is 764 g/mol. The third-order valence-corrected chi connectivity index (χ3v) is 13.5. The summed E-state index contributed by atoms with van der Waals surface area (Å²) in [6, 6.07) is 72.5. The number of hydrogen-bond acceptors (Lipinski definition) is 2. The molecular formula is C58H40N2. The van der Waals surface area contributed by atoms with E-state index in [9.17, 15) is 0 Å². The summed E-state index contributed by atoms with van der Waals surface area (Å²) in [6.45, 7) is 0. The number of nitrogens with zero attached hydrogens (tertiary/aromatic N) is 2. The number of para-hydroxylation sites is 2. The molecule has 0 saturated carbocycles. The first-order valence-corrected chi connectivity index (χ1v) is 21.3. The van der Waals surface area contributed by atoms with Gasteiger partial charge in [-0.05, 0) is 113 Å². The number of fused-ring (bicyclic) bond motifs is 8. The molecule has 0 aliphatic carbocycles. The summed E-state index contributed by atoms with van der Waals surface area (Å²) in [5.41, 5.74) is 29.3. The molecule has 0 aromatic heterocycles. The normalized spacial score (nSPS) is 13.7. The molecule has 4 heterocycles. The Morgan fingerprint density at radius 1 is 0.250 bits per heavy atom. The molecule has 0 fully saturated rings. The Morgan fingerprint density at radius 2 is 0.633 bits per heavy atom. The average Bonchev–Trinajstić information content (AvgIpc) is 3.31. The molecule has 0 N–H and O–H groups in total. The summed E-state index contributed by atoms with van der Waals surface area (Å²) in [5.74, 6) is 0. The van der Waals surface area contributed by atoms with Crippen molar-refractivity contribution in [3.63, 3.8) is 0 Å². The second-order valence-electron chi connectivity index (χ2n) is 16.8. The Balaban J connectivity index is 0.995. The van der Waals surface area contributed by atoms with E-state index in [2.05, 4.69) is 204 Å². The van der Waals surface area contributed by atoms with Crippen LogP contribution in [-0.2, 0) is 25.7 Å². The van der Waals surface area contributed by atoms with Crippen molar-refractivity contribution in [2.45, 2.75) is 25.7 Å². The molecule has 0 spiro atoms.